The van der Waals surface area contributed by atoms with Crippen molar-refractivity contribution in [2.45, 2.75) is 24.7 Å². The van der Waals surface area contributed by atoms with Gasteiger partial charge in [-0.25, -0.2) is 0 Å². The number of fused-ring (bicyclic) bond motifs is 2. The quantitative estimate of drug-likeness (QED) is 0.872. The third-order valence-electron chi connectivity index (χ3n) is 5.72. The predicted octanol–water partition coefficient (Wildman–Crippen LogP) is 1.33. The summed E-state index contributed by atoms with van der Waals surface area (Å²) >= 11 is 0. The molecular formula is C18H26ClN3O. The molecule has 3 aliphatic rings. The molecule has 4 rings (SSSR count). The highest BCUT2D eigenvalue weighted by atomic mass is 35.5. The number of piperazine rings is 1. The Kier molecular flexibility index (Phi) is 4.95. The average Bonchev–Trinajstić information content (AvgIpc) is 3.18. The van der Waals surface area contributed by atoms with Crippen LogP contribution in [0.25, 0.3) is 0 Å². The number of hydrogen-bond donors (Lipinski definition) is 2. The molecule has 0 radical (unpaired) electrons. The Morgan fingerprint density at radius 3 is 2.91 bits per heavy atom. The number of amides is 1. The lowest BCUT2D eigenvalue weighted by Crippen LogP contribution is -2.46. The first kappa shape index (κ1) is 16.7. The maximum Gasteiger partial charge on any atom is 0.224 e. The van der Waals surface area contributed by atoms with Crippen LogP contribution in [0.3, 0.4) is 0 Å². The zero-order valence-corrected chi connectivity index (χ0v) is 14.3. The Bertz CT molecular complexity index is 573. The summed E-state index contributed by atoms with van der Waals surface area (Å²) < 4.78 is 0. The predicted molar refractivity (Wildman–Crippen MR) is 94.1 cm³/mol. The van der Waals surface area contributed by atoms with Gasteiger partial charge in [0.25, 0.3) is 0 Å². The summed E-state index contributed by atoms with van der Waals surface area (Å²) in [7, 11) is 0. The van der Waals surface area contributed by atoms with Gasteiger partial charge >= 0.3 is 0 Å². The molecule has 2 fully saturated rings. The van der Waals surface area contributed by atoms with Gasteiger partial charge in [0.15, 0.2) is 0 Å². The van der Waals surface area contributed by atoms with Gasteiger partial charge in [-0.2, -0.15) is 0 Å². The zero-order valence-electron chi connectivity index (χ0n) is 13.5. The van der Waals surface area contributed by atoms with Gasteiger partial charge in [0.1, 0.15) is 0 Å². The van der Waals surface area contributed by atoms with E-state index in [4.69, 9.17) is 0 Å². The number of benzene rings is 1. The Hall–Kier alpha value is -1.10. The van der Waals surface area contributed by atoms with E-state index in [9.17, 15) is 4.79 Å². The minimum Gasteiger partial charge on any atom is -0.355 e. The lowest BCUT2D eigenvalue weighted by molar-refractivity contribution is -0.122. The van der Waals surface area contributed by atoms with Crippen LogP contribution in [0.5, 0.6) is 0 Å². The van der Waals surface area contributed by atoms with Gasteiger partial charge in [-0.1, -0.05) is 24.3 Å². The van der Waals surface area contributed by atoms with Crippen molar-refractivity contribution in [3.63, 3.8) is 0 Å². The number of hydrogen-bond acceptors (Lipinski definition) is 3. The van der Waals surface area contributed by atoms with Crippen LogP contribution < -0.4 is 10.6 Å². The number of carbonyl (C=O) groups is 1. The number of halogens is 1. The molecule has 2 aliphatic carbocycles. The second-order valence-corrected chi connectivity index (χ2v) is 6.95. The molecule has 1 aliphatic heterocycles. The van der Waals surface area contributed by atoms with Gasteiger partial charge in [-0.05, 0) is 30.4 Å². The summed E-state index contributed by atoms with van der Waals surface area (Å²) in [5.41, 5.74) is 3.08. The number of nitrogens with one attached hydrogen (secondary N) is 2. The van der Waals surface area contributed by atoms with Gasteiger partial charge in [0, 0.05) is 50.6 Å². The molecule has 0 aromatic heterocycles. The van der Waals surface area contributed by atoms with Crippen LogP contribution in [0.4, 0.5) is 0 Å². The van der Waals surface area contributed by atoms with Gasteiger partial charge < -0.3 is 10.6 Å². The molecule has 0 bridgehead atoms. The molecular weight excluding hydrogens is 310 g/mol. The molecule has 4 nitrogen and oxygen atoms in total. The number of nitrogens with zero attached hydrogens (tertiary/aromatic N) is 1. The molecule has 23 heavy (non-hydrogen) atoms. The van der Waals surface area contributed by atoms with E-state index in [0.717, 1.165) is 58.5 Å². The smallest absolute Gasteiger partial charge is 0.224 e. The van der Waals surface area contributed by atoms with Gasteiger partial charge in [0.05, 0.1) is 0 Å². The Balaban J connectivity index is 0.00000156. The lowest BCUT2D eigenvalue weighted by Gasteiger charge is -2.27. The van der Waals surface area contributed by atoms with E-state index in [-0.39, 0.29) is 29.6 Å². The maximum absolute atomic E-state index is 12.5. The van der Waals surface area contributed by atoms with Crippen LogP contribution in [0, 0.1) is 5.92 Å². The van der Waals surface area contributed by atoms with E-state index in [2.05, 4.69) is 39.8 Å². The van der Waals surface area contributed by atoms with Crippen LogP contribution in [0.1, 0.15) is 24.0 Å². The van der Waals surface area contributed by atoms with Crippen LogP contribution in [-0.2, 0) is 16.6 Å². The monoisotopic (exact) mass is 335 g/mol. The SMILES string of the molecule is Cl.O=C(NCCN1CCNCC1)C1CC12CCc1ccccc12. The molecule has 1 saturated carbocycles. The molecule has 2 unspecified atom stereocenters. The number of aryl methyl sites for hydroxylation is 1. The van der Waals surface area contributed by atoms with E-state index in [1.807, 2.05) is 0 Å². The highest BCUT2D eigenvalue weighted by molar-refractivity contribution is 5.85. The lowest BCUT2D eigenvalue weighted by atomic mass is 9.95. The molecule has 2 N–H and O–H groups in total. The van der Waals surface area contributed by atoms with Crippen molar-refractivity contribution in [1.29, 1.82) is 0 Å². The van der Waals surface area contributed by atoms with Gasteiger partial charge in [-0.15, -0.1) is 12.4 Å². The zero-order chi connectivity index (χ0) is 15.0. The van der Waals surface area contributed by atoms with Crippen LogP contribution in [0.2, 0.25) is 0 Å². The normalized spacial score (nSPS) is 29.0. The first-order chi connectivity index (χ1) is 10.8. The second-order valence-electron chi connectivity index (χ2n) is 6.95. The summed E-state index contributed by atoms with van der Waals surface area (Å²) in [6.45, 7) is 6.08. The molecule has 1 heterocycles. The first-order valence-electron chi connectivity index (χ1n) is 8.59. The molecule has 1 saturated heterocycles. The Morgan fingerprint density at radius 1 is 1.30 bits per heavy atom. The molecule has 1 spiro atoms. The second kappa shape index (κ2) is 6.80. The van der Waals surface area contributed by atoms with Crippen molar-refractivity contribution in [2.24, 2.45) is 5.92 Å². The van der Waals surface area contributed by atoms with E-state index < -0.39 is 0 Å². The molecule has 126 valence electrons. The van der Waals surface area contributed by atoms with E-state index in [0.29, 0.717) is 0 Å². The largest absolute Gasteiger partial charge is 0.355 e. The summed E-state index contributed by atoms with van der Waals surface area (Å²) in [6, 6.07) is 8.68. The molecule has 2 atom stereocenters. The molecule has 1 aromatic rings. The third kappa shape index (κ3) is 3.12. The van der Waals surface area contributed by atoms with E-state index >= 15 is 0 Å². The van der Waals surface area contributed by atoms with E-state index in [1.165, 1.54) is 11.1 Å². The van der Waals surface area contributed by atoms with Crippen molar-refractivity contribution in [2.75, 3.05) is 39.3 Å². The summed E-state index contributed by atoms with van der Waals surface area (Å²) in [6.07, 6.45) is 3.34. The van der Waals surface area contributed by atoms with Crippen molar-refractivity contribution < 1.29 is 4.79 Å². The maximum atomic E-state index is 12.5. The van der Waals surface area contributed by atoms with Crippen molar-refractivity contribution in [3.05, 3.63) is 35.4 Å². The average molecular weight is 336 g/mol. The Labute approximate surface area is 144 Å². The fourth-order valence-electron chi connectivity index (χ4n) is 4.33. The van der Waals surface area contributed by atoms with E-state index in [1.54, 1.807) is 0 Å². The third-order valence-corrected chi connectivity index (χ3v) is 5.72. The summed E-state index contributed by atoms with van der Waals surface area (Å²) in [4.78, 5) is 14.9. The number of carbonyl (C=O) groups excluding carboxylic acids is 1. The molecule has 1 amide bonds. The number of rotatable bonds is 4. The van der Waals surface area contributed by atoms with Crippen LogP contribution in [0.15, 0.2) is 24.3 Å². The molecule has 1 aromatic carbocycles. The Morgan fingerprint density at radius 2 is 2.09 bits per heavy atom. The van der Waals surface area contributed by atoms with Gasteiger partial charge in [0.2, 0.25) is 5.91 Å². The topological polar surface area (TPSA) is 44.4 Å². The fraction of sp³-hybridized carbons (Fsp3) is 0.611. The van der Waals surface area contributed by atoms with Crippen molar-refractivity contribution in [1.82, 2.24) is 15.5 Å². The highest BCUT2D eigenvalue weighted by Crippen LogP contribution is 2.61. The minimum absolute atomic E-state index is 0. The first-order valence-corrected chi connectivity index (χ1v) is 8.59. The standard InChI is InChI=1S/C18H25N3O.ClH/c22-17(20-9-12-21-10-7-19-8-11-21)16-13-18(16)6-5-14-3-1-2-4-15(14)18;/h1-4,16,19H,5-13H2,(H,20,22);1H. The minimum atomic E-state index is 0. The van der Waals surface area contributed by atoms with Crippen LogP contribution >= 0.6 is 12.4 Å². The summed E-state index contributed by atoms with van der Waals surface area (Å²) in [5.74, 6) is 0.478. The van der Waals surface area contributed by atoms with Crippen LogP contribution in [-0.4, -0.2) is 50.1 Å². The van der Waals surface area contributed by atoms with Gasteiger partial charge in [-0.3, -0.25) is 9.69 Å². The molecule has 5 heteroatoms. The fourth-order valence-corrected chi connectivity index (χ4v) is 4.33. The van der Waals surface area contributed by atoms with Crippen molar-refractivity contribution in [3.8, 4) is 0 Å². The highest BCUT2D eigenvalue weighted by Gasteiger charge is 2.61. The summed E-state index contributed by atoms with van der Waals surface area (Å²) in [5, 5.41) is 6.53. The van der Waals surface area contributed by atoms with Crippen molar-refractivity contribution >= 4 is 18.3 Å².